The van der Waals surface area contributed by atoms with E-state index in [1.807, 2.05) is 0 Å². The van der Waals surface area contributed by atoms with Gasteiger partial charge in [-0.2, -0.15) is 0 Å². The van der Waals surface area contributed by atoms with Crippen LogP contribution in [0.25, 0.3) is 20.2 Å². The van der Waals surface area contributed by atoms with Crippen molar-refractivity contribution in [1.82, 2.24) is 0 Å². The lowest BCUT2D eigenvalue weighted by molar-refractivity contribution is 0.332. The SMILES string of the molecule is Cc1cc2c(cc1N1c3cc4c(cc3B3c5c1cc(C(C)(C)C)cc5N(c1ccccc1C)c1ccc5c(sc6cc7c(cc65)C(C)(C)CCC7(C)C)c13)C(C)(C)CC4(C)C)C(C)(C)CCC2(C)C. The number of hydrogen-bond acceptors (Lipinski definition) is 3. The van der Waals surface area contributed by atoms with Gasteiger partial charge >= 0.3 is 0 Å². The smallest absolute Gasteiger partial charge is 0.254 e. The highest BCUT2D eigenvalue weighted by atomic mass is 32.1. The minimum absolute atomic E-state index is 0.0305. The number of hydrogen-bond donors (Lipinski definition) is 0. The maximum atomic E-state index is 2.78. The summed E-state index contributed by atoms with van der Waals surface area (Å²) < 4.78 is 2.86. The maximum absolute atomic E-state index is 2.78. The Bertz CT molecular complexity index is 3400. The van der Waals surface area contributed by atoms with Crippen LogP contribution in [-0.4, -0.2) is 6.71 Å². The number of nitrogens with zero attached hydrogens (tertiary/aromatic N) is 2. The number of rotatable bonds is 2. The summed E-state index contributed by atoms with van der Waals surface area (Å²) in [6, 6.07) is 35.3. The Morgan fingerprint density at radius 3 is 1.55 bits per heavy atom. The van der Waals surface area contributed by atoms with Crippen LogP contribution in [0, 0.1) is 13.8 Å². The van der Waals surface area contributed by atoms with Crippen molar-refractivity contribution >= 4 is 88.7 Å². The van der Waals surface area contributed by atoms with E-state index in [-0.39, 0.29) is 44.6 Å². The minimum atomic E-state index is -0.0956. The van der Waals surface area contributed by atoms with Gasteiger partial charge in [-0.25, -0.2) is 0 Å². The Morgan fingerprint density at radius 1 is 0.449 bits per heavy atom. The van der Waals surface area contributed by atoms with Gasteiger partial charge in [0, 0.05) is 48.9 Å². The van der Waals surface area contributed by atoms with Gasteiger partial charge in [-0.05, 0) is 204 Å². The molecule has 0 unspecified atom stereocenters. The normalized spacial score (nSPS) is 20.6. The van der Waals surface area contributed by atoms with Crippen molar-refractivity contribution in [2.45, 2.75) is 188 Å². The first kappa shape index (κ1) is 45.4. The molecule has 3 aliphatic carbocycles. The van der Waals surface area contributed by atoms with Gasteiger partial charge in [-0.3, -0.25) is 0 Å². The average Bonchev–Trinajstić information content (AvgIpc) is 3.72. The molecule has 0 atom stereocenters. The summed E-state index contributed by atoms with van der Waals surface area (Å²) in [5.41, 5.74) is 25.9. The second-order valence-electron chi connectivity index (χ2n) is 27.6. The first-order valence-corrected chi connectivity index (χ1v) is 27.2. The van der Waals surface area contributed by atoms with Crippen LogP contribution in [-0.2, 0) is 37.9 Å². The molecule has 2 nitrogen and oxygen atoms in total. The van der Waals surface area contributed by atoms with E-state index in [0.717, 1.165) is 6.42 Å². The molecule has 7 aromatic rings. The molecule has 4 heteroatoms. The van der Waals surface area contributed by atoms with Crippen LogP contribution in [0.4, 0.5) is 34.1 Å². The summed E-state index contributed by atoms with van der Waals surface area (Å²) >= 11 is 2.06. The third-order valence-electron chi connectivity index (χ3n) is 18.8. The Hall–Kier alpha value is -4.80. The van der Waals surface area contributed by atoms with Crippen LogP contribution in [0.3, 0.4) is 0 Å². The van der Waals surface area contributed by atoms with E-state index in [4.69, 9.17) is 0 Å². The summed E-state index contributed by atoms with van der Waals surface area (Å²) in [4.78, 5) is 5.46. The monoisotopic (exact) mass is 927 g/mol. The Labute approximate surface area is 419 Å². The molecule has 0 amide bonds. The first-order chi connectivity index (χ1) is 32.1. The molecule has 69 heavy (non-hydrogen) atoms. The van der Waals surface area contributed by atoms with Crippen molar-refractivity contribution in [3.05, 3.63) is 135 Å². The molecule has 3 heterocycles. The molecule has 12 rings (SSSR count). The predicted molar refractivity (Wildman–Crippen MR) is 303 cm³/mol. The van der Waals surface area contributed by atoms with Crippen LogP contribution in [0.15, 0.2) is 84.9 Å². The van der Waals surface area contributed by atoms with E-state index < -0.39 is 0 Å². The third-order valence-corrected chi connectivity index (χ3v) is 20.0. The largest absolute Gasteiger partial charge is 0.311 e. The average molecular weight is 927 g/mol. The van der Waals surface area contributed by atoms with Crippen molar-refractivity contribution in [2.24, 2.45) is 0 Å². The van der Waals surface area contributed by atoms with Crippen molar-refractivity contribution in [3.63, 3.8) is 0 Å². The van der Waals surface area contributed by atoms with E-state index in [1.54, 1.807) is 11.1 Å². The van der Waals surface area contributed by atoms with Crippen molar-refractivity contribution in [2.75, 3.05) is 9.80 Å². The highest BCUT2D eigenvalue weighted by Gasteiger charge is 2.50. The van der Waals surface area contributed by atoms with Crippen LogP contribution in [0.1, 0.15) is 186 Å². The van der Waals surface area contributed by atoms with Crippen molar-refractivity contribution in [3.8, 4) is 0 Å². The fourth-order valence-electron chi connectivity index (χ4n) is 14.6. The maximum Gasteiger partial charge on any atom is 0.254 e. The van der Waals surface area contributed by atoms with E-state index in [0.29, 0.717) is 0 Å². The summed E-state index contributed by atoms with van der Waals surface area (Å²) in [5.74, 6) is 0. The summed E-state index contributed by atoms with van der Waals surface area (Å²) in [5, 5.41) is 2.82. The lowest BCUT2D eigenvalue weighted by atomic mass is 9.33. The number of anilines is 6. The summed E-state index contributed by atoms with van der Waals surface area (Å²) in [6.07, 6.45) is 5.95. The van der Waals surface area contributed by atoms with Gasteiger partial charge in [0.25, 0.3) is 6.71 Å². The van der Waals surface area contributed by atoms with Gasteiger partial charge in [-0.1, -0.05) is 140 Å². The highest BCUT2D eigenvalue weighted by molar-refractivity contribution is 7.28. The summed E-state index contributed by atoms with van der Waals surface area (Å²) in [6.45, 7) is 41.8. The number of thiophene rings is 1. The van der Waals surface area contributed by atoms with E-state index in [1.165, 1.54) is 135 Å². The molecule has 5 aliphatic rings. The second-order valence-corrected chi connectivity index (χ2v) is 28.6. The second kappa shape index (κ2) is 14.0. The first-order valence-electron chi connectivity index (χ1n) is 26.3. The molecule has 0 radical (unpaired) electrons. The van der Waals surface area contributed by atoms with Crippen LogP contribution in [0.5, 0.6) is 0 Å². The number of para-hydroxylation sites is 1. The van der Waals surface area contributed by atoms with Gasteiger partial charge in [-0.15, -0.1) is 11.3 Å². The third kappa shape index (κ3) is 6.34. The Balaban J connectivity index is 1.26. The van der Waals surface area contributed by atoms with Crippen LogP contribution < -0.4 is 26.2 Å². The lowest BCUT2D eigenvalue weighted by Gasteiger charge is -2.47. The van der Waals surface area contributed by atoms with Crippen molar-refractivity contribution in [1.29, 1.82) is 0 Å². The zero-order valence-corrected chi connectivity index (χ0v) is 45.8. The van der Waals surface area contributed by atoms with Gasteiger partial charge in [0.2, 0.25) is 0 Å². The zero-order valence-electron chi connectivity index (χ0n) is 45.0. The van der Waals surface area contributed by atoms with E-state index in [2.05, 4.69) is 224 Å². The number of fused-ring (bicyclic) bond motifs is 11. The van der Waals surface area contributed by atoms with Crippen LogP contribution in [0.2, 0.25) is 0 Å². The highest BCUT2D eigenvalue weighted by Crippen LogP contribution is 2.56. The lowest BCUT2D eigenvalue weighted by Crippen LogP contribution is -2.62. The molecular formula is C65H75BN2S. The predicted octanol–water partition coefficient (Wildman–Crippen LogP) is 16.7. The molecule has 0 saturated heterocycles. The molecule has 0 bridgehead atoms. The standard InChI is InChI=1S/C65H75BN2S/c1-37-20-18-19-21-49(37)67-50-23-22-40-41-31-43-47(63(12,13)27-25-61(43,8)9)35-55(41)69-58(40)57(50)66-48-32-44-46(65(16,17)36-64(44,14)15)34-52(48)68(54-30-39(59(3,4)5)29-53(67)56(54)66)51-33-45-42(28-38(51)2)60(6,7)24-26-62(45,10)11/h18-23,28-35H,24-27,36H2,1-17H3. The molecule has 0 spiro atoms. The molecular weight excluding hydrogens is 852 g/mol. The van der Waals surface area contributed by atoms with Crippen molar-refractivity contribution < 1.29 is 0 Å². The minimum Gasteiger partial charge on any atom is -0.311 e. The zero-order chi connectivity index (χ0) is 49.1. The van der Waals surface area contributed by atoms with Gasteiger partial charge in [0.05, 0.1) is 0 Å². The van der Waals surface area contributed by atoms with E-state index >= 15 is 0 Å². The Morgan fingerprint density at radius 2 is 0.957 bits per heavy atom. The molecule has 6 aromatic carbocycles. The number of benzene rings is 6. The van der Waals surface area contributed by atoms with Gasteiger partial charge < -0.3 is 9.80 Å². The molecule has 2 aliphatic heterocycles. The van der Waals surface area contributed by atoms with Crippen LogP contribution >= 0.6 is 11.3 Å². The summed E-state index contributed by atoms with van der Waals surface area (Å²) in [7, 11) is 0. The van der Waals surface area contributed by atoms with Gasteiger partial charge in [0.1, 0.15) is 0 Å². The fourth-order valence-corrected chi connectivity index (χ4v) is 15.8. The van der Waals surface area contributed by atoms with E-state index in [9.17, 15) is 0 Å². The van der Waals surface area contributed by atoms with Gasteiger partial charge in [0.15, 0.2) is 0 Å². The molecule has 0 N–H and O–H groups in total. The topological polar surface area (TPSA) is 6.48 Å². The molecule has 354 valence electrons. The number of aryl methyl sites for hydroxylation is 2. The quantitative estimate of drug-likeness (QED) is 0.159. The molecule has 0 fully saturated rings. The molecule has 0 saturated carbocycles. The fraction of sp³-hybridized carbons (Fsp3) is 0.446. The molecule has 1 aromatic heterocycles. The Kier molecular flexibility index (Phi) is 9.20.